The summed E-state index contributed by atoms with van der Waals surface area (Å²) in [4.78, 5) is 13.2. The largest absolute Gasteiger partial charge is 0.490 e. The maximum absolute atomic E-state index is 13.2. The summed E-state index contributed by atoms with van der Waals surface area (Å²) < 4.78 is 12.0. The van der Waals surface area contributed by atoms with Crippen LogP contribution < -0.4 is 20.1 Å². The van der Waals surface area contributed by atoms with Crippen molar-refractivity contribution in [2.24, 2.45) is 5.10 Å². The lowest BCUT2D eigenvalue weighted by Crippen LogP contribution is -2.50. The maximum atomic E-state index is 13.2. The third-order valence-corrected chi connectivity index (χ3v) is 6.94. The molecule has 2 aliphatic heterocycles. The van der Waals surface area contributed by atoms with E-state index in [4.69, 9.17) is 26.2 Å². The van der Waals surface area contributed by atoms with E-state index >= 15 is 0 Å². The van der Waals surface area contributed by atoms with Crippen LogP contribution in [0.2, 0.25) is 5.02 Å². The van der Waals surface area contributed by atoms with Gasteiger partial charge >= 0.3 is 0 Å². The van der Waals surface area contributed by atoms with E-state index < -0.39 is 12.2 Å². The van der Waals surface area contributed by atoms with Crippen LogP contribution in [0.4, 0.5) is 5.69 Å². The molecule has 3 aromatic carbocycles. The Morgan fingerprint density at radius 2 is 1.83 bits per heavy atom. The molecule has 0 fully saturated rings. The van der Waals surface area contributed by atoms with E-state index in [1.54, 1.807) is 0 Å². The quantitative estimate of drug-likeness (QED) is 0.400. The SMILES string of the molecule is CCOc1cc([C@H]2Nc3ccccc3[C@@H]3C(=O)NC(SCC)=NN23)cc(Cl)c1OCc1ccccc1. The summed E-state index contributed by atoms with van der Waals surface area (Å²) >= 11 is 8.26. The highest BCUT2D eigenvalue weighted by atomic mass is 35.5. The first kappa shape index (κ1) is 24.3. The smallest absolute Gasteiger partial charge is 0.255 e. The Morgan fingerprint density at radius 1 is 1.06 bits per heavy atom. The minimum atomic E-state index is -0.572. The van der Waals surface area contributed by atoms with Crippen molar-refractivity contribution in [1.82, 2.24) is 10.3 Å². The number of amidine groups is 1. The number of thioether (sulfide) groups is 1. The van der Waals surface area contributed by atoms with Crippen LogP contribution in [0.1, 0.15) is 42.7 Å². The molecule has 0 unspecified atom stereocenters. The number of carbonyl (C=O) groups excluding carboxylic acids is 1. The third-order valence-electron chi connectivity index (χ3n) is 5.92. The van der Waals surface area contributed by atoms with Gasteiger partial charge in [0, 0.05) is 16.8 Å². The molecule has 2 heterocycles. The molecule has 7 nitrogen and oxygen atoms in total. The van der Waals surface area contributed by atoms with Crippen molar-refractivity contribution in [2.45, 2.75) is 32.7 Å². The van der Waals surface area contributed by atoms with Gasteiger partial charge in [-0.05, 0) is 36.4 Å². The first-order chi connectivity index (χ1) is 17.6. The van der Waals surface area contributed by atoms with Gasteiger partial charge in [0.15, 0.2) is 22.7 Å². The summed E-state index contributed by atoms with van der Waals surface area (Å²) in [6.07, 6.45) is -0.441. The van der Waals surface area contributed by atoms with E-state index in [0.29, 0.717) is 34.9 Å². The molecular weight excluding hydrogens is 496 g/mol. The van der Waals surface area contributed by atoms with E-state index in [0.717, 1.165) is 28.1 Å². The van der Waals surface area contributed by atoms with Crippen molar-refractivity contribution < 1.29 is 14.3 Å². The van der Waals surface area contributed by atoms with Crippen LogP contribution in [-0.4, -0.2) is 28.4 Å². The Labute approximate surface area is 219 Å². The van der Waals surface area contributed by atoms with Crippen molar-refractivity contribution in [3.05, 3.63) is 88.4 Å². The summed E-state index contributed by atoms with van der Waals surface area (Å²) in [6, 6.07) is 20.9. The average Bonchev–Trinajstić information content (AvgIpc) is 2.88. The number of hydrogen-bond donors (Lipinski definition) is 2. The second-order valence-electron chi connectivity index (χ2n) is 8.28. The number of anilines is 1. The molecule has 5 rings (SSSR count). The van der Waals surface area contributed by atoms with E-state index in [1.807, 2.05) is 85.6 Å². The summed E-state index contributed by atoms with van der Waals surface area (Å²) in [5.74, 6) is 1.71. The minimum absolute atomic E-state index is 0.112. The molecule has 36 heavy (non-hydrogen) atoms. The van der Waals surface area contributed by atoms with Crippen LogP contribution in [-0.2, 0) is 11.4 Å². The number of ether oxygens (including phenoxy) is 2. The predicted octanol–water partition coefficient (Wildman–Crippen LogP) is 5.94. The van der Waals surface area contributed by atoms with E-state index in [2.05, 4.69) is 10.6 Å². The molecule has 9 heteroatoms. The molecule has 0 bridgehead atoms. The van der Waals surface area contributed by atoms with Gasteiger partial charge in [0.05, 0.1) is 11.6 Å². The topological polar surface area (TPSA) is 75.2 Å². The van der Waals surface area contributed by atoms with Crippen molar-refractivity contribution in [3.63, 3.8) is 0 Å². The minimum Gasteiger partial charge on any atom is -0.490 e. The molecule has 0 radical (unpaired) electrons. The number of para-hydroxylation sites is 1. The maximum Gasteiger partial charge on any atom is 0.255 e. The second-order valence-corrected chi connectivity index (χ2v) is 9.94. The number of halogens is 1. The first-order valence-corrected chi connectivity index (χ1v) is 13.2. The number of hydrazone groups is 1. The molecule has 3 aromatic rings. The molecule has 1 amide bonds. The lowest BCUT2D eigenvalue weighted by atomic mass is 9.97. The van der Waals surface area contributed by atoms with Gasteiger partial charge in [-0.15, -0.1) is 5.10 Å². The standard InChI is InChI=1S/C27H27ClN4O3S/c1-3-34-22-15-18(14-20(28)24(22)35-16-17-10-6-5-7-11-17)25-29-21-13-9-8-12-19(21)23-26(33)30-27(36-4-2)31-32(23)25/h5-15,23,25,29H,3-4,16H2,1-2H3,(H,30,31,33)/t23-,25+/m1/s1. The number of rotatable bonds is 7. The number of nitrogens with zero attached hydrogens (tertiary/aromatic N) is 2. The summed E-state index contributed by atoms with van der Waals surface area (Å²) in [5, 5.41) is 14.1. The number of fused-ring (bicyclic) bond motifs is 3. The molecule has 2 N–H and O–H groups in total. The third kappa shape index (κ3) is 4.83. The highest BCUT2D eigenvalue weighted by Gasteiger charge is 2.42. The molecule has 0 aliphatic carbocycles. The Balaban J connectivity index is 1.54. The molecule has 0 saturated carbocycles. The normalized spacial score (nSPS) is 18.4. The van der Waals surface area contributed by atoms with Gasteiger partial charge in [-0.25, -0.2) is 0 Å². The first-order valence-electron chi connectivity index (χ1n) is 11.9. The lowest BCUT2D eigenvalue weighted by Gasteiger charge is -2.43. The number of nitrogens with one attached hydrogen (secondary N) is 2. The van der Waals surface area contributed by atoms with Crippen LogP contribution in [0.5, 0.6) is 11.5 Å². The second kappa shape index (κ2) is 10.7. The van der Waals surface area contributed by atoms with E-state index in [-0.39, 0.29) is 5.91 Å². The van der Waals surface area contributed by atoms with Gasteiger partial charge in [-0.3, -0.25) is 9.80 Å². The Hall–Kier alpha value is -3.36. The van der Waals surface area contributed by atoms with Crippen molar-refractivity contribution >= 4 is 40.1 Å². The van der Waals surface area contributed by atoms with Crippen LogP contribution >= 0.6 is 23.4 Å². The monoisotopic (exact) mass is 522 g/mol. The molecule has 0 saturated heterocycles. The molecule has 0 aromatic heterocycles. The van der Waals surface area contributed by atoms with Gasteiger partial charge in [-0.1, -0.05) is 78.8 Å². The van der Waals surface area contributed by atoms with Gasteiger partial charge < -0.3 is 20.1 Å². The predicted molar refractivity (Wildman–Crippen MR) is 144 cm³/mol. The Kier molecular flexibility index (Phi) is 7.25. The number of hydrogen-bond acceptors (Lipinski definition) is 7. The Bertz CT molecular complexity index is 1290. The van der Waals surface area contributed by atoms with Crippen LogP contribution in [0.25, 0.3) is 0 Å². The van der Waals surface area contributed by atoms with Gasteiger partial charge in [0.2, 0.25) is 0 Å². The summed E-state index contributed by atoms with van der Waals surface area (Å²) in [7, 11) is 0. The van der Waals surface area contributed by atoms with E-state index in [1.165, 1.54) is 11.8 Å². The summed E-state index contributed by atoms with van der Waals surface area (Å²) in [5.41, 5.74) is 3.59. The highest BCUT2D eigenvalue weighted by Crippen LogP contribution is 2.45. The van der Waals surface area contributed by atoms with Crippen LogP contribution in [0.15, 0.2) is 71.8 Å². The molecular formula is C27H27ClN4O3S. The van der Waals surface area contributed by atoms with E-state index in [9.17, 15) is 4.79 Å². The number of benzene rings is 3. The van der Waals surface area contributed by atoms with Gasteiger partial charge in [0.25, 0.3) is 5.91 Å². The van der Waals surface area contributed by atoms with Crippen molar-refractivity contribution in [1.29, 1.82) is 0 Å². The zero-order valence-electron chi connectivity index (χ0n) is 20.0. The zero-order chi connectivity index (χ0) is 25.1. The molecule has 0 spiro atoms. The molecule has 186 valence electrons. The fourth-order valence-electron chi connectivity index (χ4n) is 4.37. The average molecular weight is 523 g/mol. The van der Waals surface area contributed by atoms with Gasteiger partial charge in [-0.2, -0.15) is 0 Å². The van der Waals surface area contributed by atoms with Crippen LogP contribution in [0, 0.1) is 0 Å². The summed E-state index contributed by atoms with van der Waals surface area (Å²) in [6.45, 7) is 4.76. The van der Waals surface area contributed by atoms with Gasteiger partial charge in [0.1, 0.15) is 12.8 Å². The lowest BCUT2D eigenvalue weighted by molar-refractivity contribution is -0.127. The molecule has 2 atom stereocenters. The van der Waals surface area contributed by atoms with Crippen molar-refractivity contribution in [2.75, 3.05) is 17.7 Å². The number of amides is 1. The fourth-order valence-corrected chi connectivity index (χ4v) is 5.24. The zero-order valence-corrected chi connectivity index (χ0v) is 21.6. The van der Waals surface area contributed by atoms with Crippen molar-refractivity contribution in [3.8, 4) is 11.5 Å². The fraction of sp³-hybridized carbons (Fsp3) is 0.259. The number of carbonyl (C=O) groups is 1. The highest BCUT2D eigenvalue weighted by molar-refractivity contribution is 8.13. The molecule has 2 aliphatic rings. The van der Waals surface area contributed by atoms with Crippen LogP contribution in [0.3, 0.4) is 0 Å². The Morgan fingerprint density at radius 3 is 2.61 bits per heavy atom.